The number of hydrogen-bond donors (Lipinski definition) is 1. The van der Waals surface area contributed by atoms with Gasteiger partial charge in [-0.2, -0.15) is 35.1 Å². The molecule has 0 spiro atoms. The molecule has 0 aliphatic heterocycles. The summed E-state index contributed by atoms with van der Waals surface area (Å²) in [5.74, 6) is -4.51. The Labute approximate surface area is 213 Å². The summed E-state index contributed by atoms with van der Waals surface area (Å²) in [6.45, 7) is -1.52. The van der Waals surface area contributed by atoms with Gasteiger partial charge in [0.15, 0.2) is 6.10 Å². The number of benzene rings is 3. The number of alkyl halides is 8. The van der Waals surface area contributed by atoms with E-state index < -0.39 is 43.0 Å². The van der Waals surface area contributed by atoms with Crippen LogP contribution in [0.15, 0.2) is 72.8 Å². The molecule has 3 aromatic carbocycles. The highest BCUT2D eigenvalue weighted by molar-refractivity contribution is 5.54. The largest absolute Gasteiger partial charge is 0.458 e. The van der Waals surface area contributed by atoms with E-state index in [0.29, 0.717) is 17.9 Å². The Morgan fingerprint density at radius 3 is 1.87 bits per heavy atom. The highest BCUT2D eigenvalue weighted by Gasteiger charge is 2.58. The van der Waals surface area contributed by atoms with Gasteiger partial charge in [-0.15, -0.1) is 0 Å². The smallest absolute Gasteiger partial charge is 0.457 e. The van der Waals surface area contributed by atoms with Gasteiger partial charge in [-0.1, -0.05) is 30.3 Å². The Bertz CT molecular complexity index is 1230. The Morgan fingerprint density at radius 2 is 1.32 bits per heavy atom. The second-order valence-electron chi connectivity index (χ2n) is 8.70. The van der Waals surface area contributed by atoms with Crippen molar-refractivity contribution in [2.24, 2.45) is 0 Å². The lowest BCUT2D eigenvalue weighted by Crippen LogP contribution is -2.41. The highest BCUT2D eigenvalue weighted by atomic mass is 19.4. The van der Waals surface area contributed by atoms with Gasteiger partial charge < -0.3 is 19.6 Å². The number of nitrogens with zero attached hydrogens (tertiary/aromatic N) is 2. The van der Waals surface area contributed by atoms with E-state index in [1.807, 2.05) is 25.1 Å². The Hall–Kier alpha value is -3.54. The van der Waals surface area contributed by atoms with Crippen LogP contribution in [0.2, 0.25) is 0 Å². The Morgan fingerprint density at radius 1 is 0.763 bits per heavy atom. The maximum atomic E-state index is 13.9. The van der Waals surface area contributed by atoms with E-state index in [9.17, 15) is 40.2 Å². The number of rotatable bonds is 9. The first-order valence-electron chi connectivity index (χ1n) is 11.2. The molecule has 206 valence electrons. The summed E-state index contributed by atoms with van der Waals surface area (Å²) < 4.78 is 112. The summed E-state index contributed by atoms with van der Waals surface area (Å²) >= 11 is 0. The molecule has 38 heavy (non-hydrogen) atoms. The topological polar surface area (TPSA) is 35.9 Å². The first-order valence-corrected chi connectivity index (χ1v) is 11.2. The number of aliphatic hydroxyl groups is 1. The molecule has 0 bridgehead atoms. The van der Waals surface area contributed by atoms with Gasteiger partial charge in [-0.3, -0.25) is 0 Å². The van der Waals surface area contributed by atoms with Crippen molar-refractivity contribution in [2.75, 3.05) is 30.4 Å². The van der Waals surface area contributed by atoms with Crippen LogP contribution in [0, 0.1) is 0 Å². The van der Waals surface area contributed by atoms with Crippen LogP contribution in [-0.2, 0) is 12.5 Å². The third-order valence-corrected chi connectivity index (χ3v) is 5.54. The van der Waals surface area contributed by atoms with Gasteiger partial charge in [0, 0.05) is 49.7 Å². The van der Waals surface area contributed by atoms with E-state index in [4.69, 9.17) is 4.74 Å². The van der Waals surface area contributed by atoms with Crippen molar-refractivity contribution in [3.63, 3.8) is 0 Å². The fraction of sp³-hybridized carbons (Fsp3) is 0.308. The quantitative estimate of drug-likeness (QED) is 0.289. The summed E-state index contributed by atoms with van der Waals surface area (Å²) in [4.78, 5) is 2.85. The zero-order valence-corrected chi connectivity index (χ0v) is 20.2. The summed E-state index contributed by atoms with van der Waals surface area (Å²) in [5, 5.41) is 9.70. The van der Waals surface area contributed by atoms with Crippen LogP contribution in [0.1, 0.15) is 11.1 Å². The highest BCUT2D eigenvalue weighted by Crippen LogP contribution is 2.44. The molecule has 0 saturated heterocycles. The molecule has 0 aliphatic rings. The standard InChI is InChI=1S/C26H24F8N2O2/c1-35(2)19-8-4-10-21(13-19)38-22-11-5-9-20(14-22)36(16-23(37)25(29,30)31)15-17-6-3-7-18(12-17)24(27,28)26(32,33)34/h3-14,23,37H,15-16H2,1-2H3. The molecule has 0 aromatic heterocycles. The monoisotopic (exact) mass is 548 g/mol. The molecule has 0 heterocycles. The number of anilines is 2. The van der Waals surface area contributed by atoms with E-state index in [1.54, 1.807) is 18.2 Å². The zero-order chi connectivity index (χ0) is 28.3. The summed E-state index contributed by atoms with van der Waals surface area (Å²) in [5.41, 5.74) is -0.533. The normalized spacial score (nSPS) is 13.2. The molecule has 0 aliphatic carbocycles. The lowest BCUT2D eigenvalue weighted by Gasteiger charge is -2.29. The zero-order valence-electron chi connectivity index (χ0n) is 20.2. The van der Waals surface area contributed by atoms with Gasteiger partial charge in [-0.05, 0) is 35.9 Å². The average Bonchev–Trinajstić information content (AvgIpc) is 2.83. The van der Waals surface area contributed by atoms with E-state index in [-0.39, 0.29) is 17.0 Å². The molecule has 1 atom stereocenters. The van der Waals surface area contributed by atoms with Crippen molar-refractivity contribution in [1.82, 2.24) is 0 Å². The van der Waals surface area contributed by atoms with Gasteiger partial charge in [0.2, 0.25) is 0 Å². The second kappa shape index (κ2) is 11.1. The van der Waals surface area contributed by atoms with Crippen LogP contribution in [0.3, 0.4) is 0 Å². The predicted molar refractivity (Wildman–Crippen MR) is 127 cm³/mol. The first-order chi connectivity index (χ1) is 17.6. The van der Waals surface area contributed by atoms with E-state index in [1.165, 1.54) is 30.3 Å². The first kappa shape index (κ1) is 29.0. The Kier molecular flexibility index (Phi) is 8.45. The third-order valence-electron chi connectivity index (χ3n) is 5.54. The van der Waals surface area contributed by atoms with Crippen LogP contribution in [-0.4, -0.2) is 44.2 Å². The molecule has 3 rings (SSSR count). The lowest BCUT2D eigenvalue weighted by atomic mass is 10.0. The molecule has 1 unspecified atom stereocenters. The average molecular weight is 548 g/mol. The lowest BCUT2D eigenvalue weighted by molar-refractivity contribution is -0.289. The molecule has 3 aromatic rings. The van der Waals surface area contributed by atoms with Gasteiger partial charge in [0.25, 0.3) is 0 Å². The van der Waals surface area contributed by atoms with Crippen LogP contribution in [0.25, 0.3) is 0 Å². The molecule has 0 fully saturated rings. The summed E-state index contributed by atoms with van der Waals surface area (Å²) in [7, 11) is 3.65. The molecular weight excluding hydrogens is 524 g/mol. The SMILES string of the molecule is CN(C)c1cccc(Oc2cccc(N(Cc3cccc(C(F)(F)C(F)(F)F)c3)CC(O)C(F)(F)F)c2)c1. The van der Waals surface area contributed by atoms with Crippen LogP contribution in [0.5, 0.6) is 11.5 Å². The number of hydrogen-bond acceptors (Lipinski definition) is 4. The number of ether oxygens (including phenoxy) is 1. The van der Waals surface area contributed by atoms with E-state index >= 15 is 0 Å². The summed E-state index contributed by atoms with van der Waals surface area (Å²) in [6, 6.07) is 16.1. The molecule has 0 amide bonds. The number of aliphatic hydroxyl groups excluding tert-OH is 1. The van der Waals surface area contributed by atoms with Gasteiger partial charge >= 0.3 is 18.3 Å². The molecule has 0 radical (unpaired) electrons. The fourth-order valence-electron chi connectivity index (χ4n) is 3.53. The minimum absolute atomic E-state index is 0.113. The van der Waals surface area contributed by atoms with Crippen LogP contribution in [0.4, 0.5) is 46.5 Å². The van der Waals surface area contributed by atoms with Gasteiger partial charge in [0.1, 0.15) is 11.5 Å². The Balaban J connectivity index is 1.94. The van der Waals surface area contributed by atoms with Gasteiger partial charge in [0.05, 0.1) is 6.54 Å². The molecular formula is C26H24F8N2O2. The summed E-state index contributed by atoms with van der Waals surface area (Å²) in [6.07, 6.45) is -13.7. The molecule has 0 saturated carbocycles. The van der Waals surface area contributed by atoms with Crippen molar-refractivity contribution in [1.29, 1.82) is 0 Å². The van der Waals surface area contributed by atoms with Crippen molar-refractivity contribution in [2.45, 2.75) is 30.9 Å². The van der Waals surface area contributed by atoms with E-state index in [2.05, 4.69) is 0 Å². The van der Waals surface area contributed by atoms with Crippen molar-refractivity contribution in [3.05, 3.63) is 83.9 Å². The van der Waals surface area contributed by atoms with Crippen molar-refractivity contribution in [3.8, 4) is 11.5 Å². The molecule has 1 N–H and O–H groups in total. The minimum Gasteiger partial charge on any atom is -0.457 e. The number of halogens is 8. The van der Waals surface area contributed by atoms with Crippen LogP contribution >= 0.6 is 0 Å². The molecule has 4 nitrogen and oxygen atoms in total. The van der Waals surface area contributed by atoms with Gasteiger partial charge in [-0.25, -0.2) is 0 Å². The third kappa shape index (κ3) is 7.06. The fourth-order valence-corrected chi connectivity index (χ4v) is 3.53. The predicted octanol–water partition coefficient (Wildman–Crippen LogP) is 7.13. The second-order valence-corrected chi connectivity index (χ2v) is 8.70. The molecule has 12 heteroatoms. The maximum absolute atomic E-state index is 13.9. The van der Waals surface area contributed by atoms with Crippen molar-refractivity contribution < 1.29 is 45.0 Å². The van der Waals surface area contributed by atoms with Crippen molar-refractivity contribution >= 4 is 11.4 Å². The van der Waals surface area contributed by atoms with Crippen LogP contribution < -0.4 is 14.5 Å². The maximum Gasteiger partial charge on any atom is 0.458 e. The van der Waals surface area contributed by atoms with E-state index in [0.717, 1.165) is 16.7 Å². The minimum atomic E-state index is -5.85.